The third-order valence-corrected chi connectivity index (χ3v) is 2.58. The van der Waals surface area contributed by atoms with Gasteiger partial charge in [0, 0.05) is 5.88 Å². The van der Waals surface area contributed by atoms with Gasteiger partial charge in [0.1, 0.15) is 0 Å². The molecule has 10 heavy (non-hydrogen) atoms. The molecular formula is C8H17ClSi. The fourth-order valence-corrected chi connectivity index (χ4v) is 1.65. The van der Waals surface area contributed by atoms with E-state index < -0.39 is 8.80 Å². The topological polar surface area (TPSA) is 0 Å². The summed E-state index contributed by atoms with van der Waals surface area (Å²) in [7, 11) is -0.436. The summed E-state index contributed by atoms with van der Waals surface area (Å²) in [4.78, 5) is 0. The van der Waals surface area contributed by atoms with Gasteiger partial charge in [-0.05, 0) is 19.3 Å². The summed E-state index contributed by atoms with van der Waals surface area (Å²) in [6.07, 6.45) is 5.94. The van der Waals surface area contributed by atoms with Crippen LogP contribution in [0.5, 0.6) is 0 Å². The first-order valence-corrected chi connectivity index (χ1v) is 7.51. The highest BCUT2D eigenvalue weighted by molar-refractivity contribution is 6.61. The second-order valence-corrected chi connectivity index (χ2v) is 6.11. The Kier molecular flexibility index (Phi) is 7.54. The number of allylic oxidation sites excluding steroid dienone is 1. The number of hydrogen-bond acceptors (Lipinski definition) is 0. The zero-order valence-corrected chi connectivity index (χ0v) is 8.85. The van der Waals surface area contributed by atoms with Gasteiger partial charge >= 0.3 is 0 Å². The van der Waals surface area contributed by atoms with E-state index in [1.54, 1.807) is 0 Å². The molecule has 0 spiro atoms. The molecule has 0 aromatic carbocycles. The molecule has 0 atom stereocenters. The van der Waals surface area contributed by atoms with Crippen molar-refractivity contribution in [2.75, 3.05) is 5.88 Å². The summed E-state index contributed by atoms with van der Waals surface area (Å²) in [5.74, 6) is 0.812. The van der Waals surface area contributed by atoms with Gasteiger partial charge in [-0.2, -0.15) is 0 Å². The minimum absolute atomic E-state index is 0.436. The first-order valence-electron chi connectivity index (χ1n) is 4.00. The van der Waals surface area contributed by atoms with Crippen molar-refractivity contribution in [2.45, 2.75) is 32.4 Å². The second-order valence-electron chi connectivity index (χ2n) is 2.86. The van der Waals surface area contributed by atoms with Gasteiger partial charge in [0.05, 0.1) is 8.80 Å². The number of alkyl halides is 1. The fraction of sp³-hybridized carbons (Fsp3) is 0.750. The molecule has 0 aliphatic carbocycles. The molecule has 0 unspecified atom stereocenters. The normalized spacial score (nSPS) is 11.6. The summed E-state index contributed by atoms with van der Waals surface area (Å²) in [5.41, 5.74) is 2.38. The standard InChI is InChI=1S/C8H17ClSi/c1-10(2)8-6-4-3-5-7-9/h6,8,10H,3-5,7H2,1-2H3. The average Bonchev–Trinajstić information content (AvgIpc) is 1.87. The third kappa shape index (κ3) is 8.25. The van der Waals surface area contributed by atoms with Crippen molar-refractivity contribution in [3.05, 3.63) is 11.8 Å². The Morgan fingerprint density at radius 3 is 2.50 bits per heavy atom. The number of hydrogen-bond donors (Lipinski definition) is 0. The first-order chi connectivity index (χ1) is 4.77. The molecule has 0 nitrogen and oxygen atoms in total. The van der Waals surface area contributed by atoms with Crippen LogP contribution in [0.4, 0.5) is 0 Å². The van der Waals surface area contributed by atoms with Gasteiger partial charge in [0.15, 0.2) is 0 Å². The molecule has 0 heterocycles. The van der Waals surface area contributed by atoms with E-state index in [4.69, 9.17) is 11.6 Å². The Bertz CT molecular complexity index is 89.3. The van der Waals surface area contributed by atoms with Crippen molar-refractivity contribution in [2.24, 2.45) is 0 Å². The van der Waals surface area contributed by atoms with Crippen LogP contribution in [-0.2, 0) is 0 Å². The van der Waals surface area contributed by atoms with Crippen LogP contribution in [0.2, 0.25) is 13.1 Å². The molecule has 0 aromatic heterocycles. The third-order valence-electron chi connectivity index (χ3n) is 1.28. The molecule has 0 aliphatic heterocycles. The summed E-state index contributed by atoms with van der Waals surface area (Å²) in [6, 6.07) is 0. The SMILES string of the molecule is C[SiH](C)C=CCCCCCl. The van der Waals surface area contributed by atoms with Crippen molar-refractivity contribution >= 4 is 20.4 Å². The molecule has 2 heteroatoms. The molecule has 0 saturated heterocycles. The molecule has 0 amide bonds. The Morgan fingerprint density at radius 2 is 2.00 bits per heavy atom. The number of halogens is 1. The van der Waals surface area contributed by atoms with Crippen molar-refractivity contribution in [1.82, 2.24) is 0 Å². The maximum Gasteiger partial charge on any atom is 0.0549 e. The van der Waals surface area contributed by atoms with Gasteiger partial charge in [-0.3, -0.25) is 0 Å². The van der Waals surface area contributed by atoms with Crippen LogP contribution < -0.4 is 0 Å². The van der Waals surface area contributed by atoms with E-state index in [2.05, 4.69) is 24.9 Å². The smallest absolute Gasteiger partial charge is 0.0549 e. The lowest BCUT2D eigenvalue weighted by molar-refractivity contribution is 0.820. The van der Waals surface area contributed by atoms with Gasteiger partial charge < -0.3 is 0 Å². The van der Waals surface area contributed by atoms with Crippen molar-refractivity contribution in [3.8, 4) is 0 Å². The van der Waals surface area contributed by atoms with Crippen LogP contribution in [-0.4, -0.2) is 14.7 Å². The van der Waals surface area contributed by atoms with Crippen LogP contribution in [0, 0.1) is 0 Å². The quantitative estimate of drug-likeness (QED) is 0.343. The summed E-state index contributed by atoms with van der Waals surface area (Å²) in [6.45, 7) is 4.66. The Hall–Kier alpha value is 0.247. The minimum Gasteiger partial charge on any atom is -0.127 e. The van der Waals surface area contributed by atoms with Gasteiger partial charge in [0.2, 0.25) is 0 Å². The lowest BCUT2D eigenvalue weighted by atomic mass is 10.2. The van der Waals surface area contributed by atoms with Crippen molar-refractivity contribution in [3.63, 3.8) is 0 Å². The highest BCUT2D eigenvalue weighted by Crippen LogP contribution is 1.98. The van der Waals surface area contributed by atoms with Crippen LogP contribution in [0.25, 0.3) is 0 Å². The fourth-order valence-electron chi connectivity index (χ4n) is 0.725. The Balaban J connectivity index is 3.02. The molecule has 0 saturated carbocycles. The van der Waals surface area contributed by atoms with Crippen molar-refractivity contribution in [1.29, 1.82) is 0 Å². The molecule has 0 N–H and O–H groups in total. The summed E-state index contributed by atoms with van der Waals surface area (Å²) < 4.78 is 0. The van der Waals surface area contributed by atoms with Gasteiger partial charge in [-0.1, -0.05) is 19.2 Å². The van der Waals surface area contributed by atoms with Crippen LogP contribution in [0.3, 0.4) is 0 Å². The van der Waals surface area contributed by atoms with Crippen LogP contribution >= 0.6 is 11.6 Å². The monoisotopic (exact) mass is 176 g/mol. The predicted molar refractivity (Wildman–Crippen MR) is 52.6 cm³/mol. The molecular weight excluding hydrogens is 160 g/mol. The number of rotatable bonds is 5. The van der Waals surface area contributed by atoms with Gasteiger partial charge in [-0.25, -0.2) is 0 Å². The van der Waals surface area contributed by atoms with E-state index in [1.165, 1.54) is 12.8 Å². The predicted octanol–water partition coefficient (Wildman–Crippen LogP) is 2.98. The van der Waals surface area contributed by atoms with Crippen LogP contribution in [0.15, 0.2) is 11.8 Å². The maximum atomic E-state index is 5.53. The minimum atomic E-state index is -0.436. The lowest BCUT2D eigenvalue weighted by Gasteiger charge is -1.92. The molecule has 0 aromatic rings. The summed E-state index contributed by atoms with van der Waals surface area (Å²) >= 11 is 5.53. The largest absolute Gasteiger partial charge is 0.127 e. The molecule has 0 rings (SSSR count). The van der Waals surface area contributed by atoms with E-state index in [0.29, 0.717) is 0 Å². The molecule has 0 bridgehead atoms. The van der Waals surface area contributed by atoms with Gasteiger partial charge in [0.25, 0.3) is 0 Å². The Morgan fingerprint density at radius 1 is 1.30 bits per heavy atom. The van der Waals surface area contributed by atoms with E-state index in [-0.39, 0.29) is 0 Å². The molecule has 0 fully saturated rings. The highest BCUT2D eigenvalue weighted by Gasteiger charge is 1.85. The average molecular weight is 177 g/mol. The van der Waals surface area contributed by atoms with Crippen LogP contribution in [0.1, 0.15) is 19.3 Å². The first kappa shape index (κ1) is 10.2. The number of unbranched alkanes of at least 4 members (excludes halogenated alkanes) is 2. The van der Waals surface area contributed by atoms with E-state index >= 15 is 0 Å². The highest BCUT2D eigenvalue weighted by atomic mass is 35.5. The zero-order valence-electron chi connectivity index (χ0n) is 6.94. The zero-order chi connectivity index (χ0) is 7.82. The van der Waals surface area contributed by atoms with E-state index in [1.807, 2.05) is 0 Å². The second kappa shape index (κ2) is 7.36. The summed E-state index contributed by atoms with van der Waals surface area (Å²) in [5, 5.41) is 0. The van der Waals surface area contributed by atoms with Crippen molar-refractivity contribution < 1.29 is 0 Å². The maximum absolute atomic E-state index is 5.53. The Labute approximate surface area is 70.9 Å². The lowest BCUT2D eigenvalue weighted by Crippen LogP contribution is -1.91. The van der Waals surface area contributed by atoms with E-state index in [9.17, 15) is 0 Å². The molecule has 0 radical (unpaired) electrons. The molecule has 60 valence electrons. The van der Waals surface area contributed by atoms with E-state index in [0.717, 1.165) is 12.3 Å². The van der Waals surface area contributed by atoms with Gasteiger partial charge in [-0.15, -0.1) is 17.3 Å². The molecule has 0 aliphatic rings.